The molecule has 0 aromatic rings. The van der Waals surface area contributed by atoms with E-state index in [1.807, 2.05) is 0 Å². The molecule has 0 amide bonds. The second-order valence-corrected chi connectivity index (χ2v) is 12.4. The van der Waals surface area contributed by atoms with Gasteiger partial charge in [-0.2, -0.15) is 0 Å². The molecule has 1 aliphatic rings. The zero-order valence-electron chi connectivity index (χ0n) is 13.4. The minimum Gasteiger partial charge on any atom is -0.294 e. The fraction of sp³-hybridized carbons (Fsp3) is 0.824. The number of hydrogen-bond acceptors (Lipinski definition) is 1. The average Bonchev–Trinajstić information content (AvgIpc) is 2.31. The Morgan fingerprint density at radius 2 is 1.47 bits per heavy atom. The summed E-state index contributed by atoms with van der Waals surface area (Å²) in [7, 11) is -1.21. The molecule has 19 heavy (non-hydrogen) atoms. The Morgan fingerprint density at radius 1 is 0.947 bits per heavy atom. The summed E-state index contributed by atoms with van der Waals surface area (Å²) >= 11 is 0. The molecule has 1 atom stereocenters. The van der Waals surface area contributed by atoms with E-state index in [0.717, 1.165) is 6.54 Å². The summed E-state index contributed by atoms with van der Waals surface area (Å²) in [5, 5.41) is 0. The molecule has 0 aromatic heterocycles. The second-order valence-electron chi connectivity index (χ2n) is 7.03. The van der Waals surface area contributed by atoms with E-state index in [1.54, 1.807) is 0 Å². The van der Waals surface area contributed by atoms with Gasteiger partial charge in [0, 0.05) is 17.8 Å². The second kappa shape index (κ2) is 8.73. The van der Waals surface area contributed by atoms with Crippen molar-refractivity contribution in [1.29, 1.82) is 0 Å². The largest absolute Gasteiger partial charge is 0.294 e. The van der Waals surface area contributed by atoms with Crippen LogP contribution in [0.2, 0.25) is 25.2 Å². The van der Waals surface area contributed by atoms with Crippen LogP contribution in [0.3, 0.4) is 0 Å². The number of aliphatic imine (C=N–C) groups is 1. The minimum atomic E-state index is -1.21. The van der Waals surface area contributed by atoms with Crippen molar-refractivity contribution in [2.24, 2.45) is 4.99 Å². The van der Waals surface area contributed by atoms with Gasteiger partial charge >= 0.3 is 0 Å². The normalized spacial score (nSPS) is 21.7. The van der Waals surface area contributed by atoms with Crippen LogP contribution in [-0.4, -0.2) is 20.3 Å². The van der Waals surface area contributed by atoms with Gasteiger partial charge in [0.05, 0.1) is 8.07 Å². The van der Waals surface area contributed by atoms with Crippen LogP contribution >= 0.6 is 0 Å². The third-order valence-corrected chi connectivity index (χ3v) is 6.62. The van der Waals surface area contributed by atoms with E-state index in [-0.39, 0.29) is 0 Å². The highest BCUT2D eigenvalue weighted by Gasteiger charge is 2.27. The Labute approximate surface area is 121 Å². The SMILES string of the molecule is C=CC(C1=NCCCCCCCCCC1)[Si](C)(C)C. The van der Waals surface area contributed by atoms with Crippen molar-refractivity contribution in [2.75, 3.05) is 6.54 Å². The van der Waals surface area contributed by atoms with Crippen molar-refractivity contribution in [3.05, 3.63) is 12.7 Å². The van der Waals surface area contributed by atoms with Gasteiger partial charge in [-0.15, -0.1) is 6.58 Å². The van der Waals surface area contributed by atoms with Crippen LogP contribution in [0.1, 0.15) is 57.8 Å². The van der Waals surface area contributed by atoms with Crippen molar-refractivity contribution in [1.82, 2.24) is 0 Å². The third kappa shape index (κ3) is 6.55. The fourth-order valence-electron chi connectivity index (χ4n) is 3.02. The van der Waals surface area contributed by atoms with Crippen LogP contribution in [0, 0.1) is 0 Å². The van der Waals surface area contributed by atoms with Crippen LogP contribution < -0.4 is 0 Å². The van der Waals surface area contributed by atoms with Gasteiger partial charge in [-0.05, 0) is 19.3 Å². The summed E-state index contributed by atoms with van der Waals surface area (Å²) in [4.78, 5) is 4.97. The van der Waals surface area contributed by atoms with Gasteiger partial charge in [0.25, 0.3) is 0 Å². The number of nitrogens with zero attached hydrogens (tertiary/aromatic N) is 1. The number of hydrogen-bond donors (Lipinski definition) is 0. The Balaban J connectivity index is 2.70. The molecule has 1 rings (SSSR count). The lowest BCUT2D eigenvalue weighted by Crippen LogP contribution is -2.32. The Bertz CT molecular complexity index is 288. The predicted molar refractivity (Wildman–Crippen MR) is 91.1 cm³/mol. The molecule has 1 aliphatic heterocycles. The van der Waals surface area contributed by atoms with E-state index in [4.69, 9.17) is 4.99 Å². The molecule has 0 bridgehead atoms. The van der Waals surface area contributed by atoms with E-state index in [2.05, 4.69) is 32.3 Å². The van der Waals surface area contributed by atoms with Crippen molar-refractivity contribution in [2.45, 2.75) is 83.0 Å². The van der Waals surface area contributed by atoms with Gasteiger partial charge in [0.2, 0.25) is 0 Å². The molecule has 1 nitrogen and oxygen atoms in total. The van der Waals surface area contributed by atoms with Gasteiger partial charge in [-0.1, -0.05) is 64.2 Å². The van der Waals surface area contributed by atoms with E-state index >= 15 is 0 Å². The average molecular weight is 280 g/mol. The van der Waals surface area contributed by atoms with Gasteiger partial charge < -0.3 is 0 Å². The summed E-state index contributed by atoms with van der Waals surface area (Å²) in [5.41, 5.74) is 2.05. The van der Waals surface area contributed by atoms with Gasteiger partial charge in [0.1, 0.15) is 0 Å². The van der Waals surface area contributed by atoms with Crippen molar-refractivity contribution >= 4 is 13.8 Å². The highest BCUT2D eigenvalue weighted by molar-refractivity contribution is 6.81. The first-order chi connectivity index (χ1) is 9.05. The van der Waals surface area contributed by atoms with E-state index in [1.165, 1.54) is 63.5 Å². The topological polar surface area (TPSA) is 12.4 Å². The highest BCUT2D eigenvalue weighted by atomic mass is 28.3. The summed E-state index contributed by atoms with van der Waals surface area (Å²) in [6, 6.07) is 0. The zero-order chi connectivity index (χ0) is 14.1. The fourth-order valence-corrected chi connectivity index (χ4v) is 4.97. The molecule has 1 heterocycles. The summed E-state index contributed by atoms with van der Waals surface area (Å²) in [5.74, 6) is 0. The zero-order valence-corrected chi connectivity index (χ0v) is 14.4. The molecule has 110 valence electrons. The standard InChI is InChI=1S/C17H33NSi/c1-5-17(19(2,3)4)16-14-12-10-8-6-7-9-11-13-15-18-16/h5,17H,1,6-15H2,2-4H3. The summed E-state index contributed by atoms with van der Waals surface area (Å²) in [6.07, 6.45) is 14.4. The lowest BCUT2D eigenvalue weighted by atomic mass is 10.0. The van der Waals surface area contributed by atoms with Crippen LogP contribution in [0.5, 0.6) is 0 Å². The molecule has 0 fully saturated rings. The van der Waals surface area contributed by atoms with Gasteiger partial charge in [-0.25, -0.2) is 0 Å². The first-order valence-electron chi connectivity index (χ1n) is 8.21. The molecule has 0 saturated carbocycles. The molecule has 0 aliphatic carbocycles. The molecular formula is C17H33NSi. The minimum absolute atomic E-state index is 0.579. The molecule has 1 unspecified atom stereocenters. The molecule has 0 radical (unpaired) electrons. The molecule has 0 saturated heterocycles. The highest BCUT2D eigenvalue weighted by Crippen LogP contribution is 2.27. The van der Waals surface area contributed by atoms with Gasteiger partial charge in [0.15, 0.2) is 0 Å². The maximum Gasteiger partial charge on any atom is 0.0581 e. The number of allylic oxidation sites excluding steroid dienone is 1. The summed E-state index contributed by atoms with van der Waals surface area (Å²) < 4.78 is 0. The Hall–Kier alpha value is -0.373. The Morgan fingerprint density at radius 3 is 2.00 bits per heavy atom. The molecule has 0 N–H and O–H groups in total. The van der Waals surface area contributed by atoms with E-state index < -0.39 is 8.07 Å². The molecule has 0 spiro atoms. The molecular weight excluding hydrogens is 246 g/mol. The van der Waals surface area contributed by atoms with Crippen molar-refractivity contribution in [3.63, 3.8) is 0 Å². The first-order valence-corrected chi connectivity index (χ1v) is 11.8. The van der Waals surface area contributed by atoms with Crippen LogP contribution in [0.25, 0.3) is 0 Å². The van der Waals surface area contributed by atoms with E-state index in [0.29, 0.717) is 5.54 Å². The first kappa shape index (κ1) is 16.7. The van der Waals surface area contributed by atoms with Crippen molar-refractivity contribution in [3.8, 4) is 0 Å². The van der Waals surface area contributed by atoms with Crippen molar-refractivity contribution < 1.29 is 0 Å². The third-order valence-electron chi connectivity index (χ3n) is 4.18. The maximum atomic E-state index is 4.97. The Kier molecular flexibility index (Phi) is 7.66. The molecule has 0 aromatic carbocycles. The maximum absolute atomic E-state index is 4.97. The molecule has 2 heteroatoms. The van der Waals surface area contributed by atoms with Crippen LogP contribution in [0.15, 0.2) is 17.6 Å². The van der Waals surface area contributed by atoms with Crippen LogP contribution in [0.4, 0.5) is 0 Å². The smallest absolute Gasteiger partial charge is 0.0581 e. The predicted octanol–water partition coefficient (Wildman–Crippen LogP) is 5.85. The monoisotopic (exact) mass is 279 g/mol. The number of rotatable bonds is 3. The lowest BCUT2D eigenvalue weighted by molar-refractivity contribution is 0.568. The van der Waals surface area contributed by atoms with Gasteiger partial charge in [-0.3, -0.25) is 4.99 Å². The van der Waals surface area contributed by atoms with E-state index in [9.17, 15) is 0 Å². The quantitative estimate of drug-likeness (QED) is 0.454. The lowest BCUT2D eigenvalue weighted by Gasteiger charge is -2.28. The summed E-state index contributed by atoms with van der Waals surface area (Å²) in [6.45, 7) is 12.5. The van der Waals surface area contributed by atoms with Crippen LogP contribution in [-0.2, 0) is 0 Å².